The summed E-state index contributed by atoms with van der Waals surface area (Å²) in [5, 5.41) is 5.97. The van der Waals surface area contributed by atoms with Crippen molar-refractivity contribution in [1.82, 2.24) is 10.6 Å². The third-order valence-corrected chi connectivity index (χ3v) is 2.95. The minimum absolute atomic E-state index is 0.123. The van der Waals surface area contributed by atoms with Crippen molar-refractivity contribution in [3.05, 3.63) is 0 Å². The van der Waals surface area contributed by atoms with Gasteiger partial charge in [0.2, 0.25) is 5.91 Å². The van der Waals surface area contributed by atoms with Crippen LogP contribution in [0.2, 0.25) is 0 Å². The number of nitrogens with one attached hydrogen (secondary N) is 2. The first kappa shape index (κ1) is 13.5. The van der Waals surface area contributed by atoms with E-state index < -0.39 is 0 Å². The summed E-state index contributed by atoms with van der Waals surface area (Å²) < 4.78 is 5.64. The largest absolute Gasteiger partial charge is 0.378 e. The van der Waals surface area contributed by atoms with Gasteiger partial charge in [-0.3, -0.25) is 4.79 Å². The zero-order valence-corrected chi connectivity index (χ0v) is 10.3. The van der Waals surface area contributed by atoms with Gasteiger partial charge in [-0.05, 0) is 45.2 Å². The Morgan fingerprint density at radius 1 is 1.38 bits per heavy atom. The van der Waals surface area contributed by atoms with E-state index in [1.165, 1.54) is 19.3 Å². The molecule has 2 N–H and O–H groups in total. The molecule has 0 saturated carbocycles. The van der Waals surface area contributed by atoms with E-state index in [-0.39, 0.29) is 5.91 Å². The molecule has 1 amide bonds. The molecular formula is C12H24N2O2. The topological polar surface area (TPSA) is 50.4 Å². The zero-order valence-electron chi connectivity index (χ0n) is 10.3. The van der Waals surface area contributed by atoms with Crippen LogP contribution in [0.25, 0.3) is 0 Å². The normalized spacial score (nSPS) is 20.7. The second kappa shape index (κ2) is 8.53. The first-order valence-electron chi connectivity index (χ1n) is 6.36. The molecule has 0 spiro atoms. The van der Waals surface area contributed by atoms with Gasteiger partial charge < -0.3 is 15.4 Å². The molecule has 1 fully saturated rings. The first-order valence-corrected chi connectivity index (χ1v) is 6.36. The average Bonchev–Trinajstić information content (AvgIpc) is 2.34. The van der Waals surface area contributed by atoms with Crippen LogP contribution in [0.5, 0.6) is 0 Å². The molecule has 1 aliphatic heterocycles. The fraction of sp³-hybridized carbons (Fsp3) is 0.917. The Kier molecular flexibility index (Phi) is 7.17. The fourth-order valence-electron chi connectivity index (χ4n) is 1.92. The van der Waals surface area contributed by atoms with Crippen molar-refractivity contribution in [2.24, 2.45) is 0 Å². The van der Waals surface area contributed by atoms with Gasteiger partial charge in [-0.2, -0.15) is 0 Å². The summed E-state index contributed by atoms with van der Waals surface area (Å²) in [6.45, 7) is 2.85. The van der Waals surface area contributed by atoms with Gasteiger partial charge in [0, 0.05) is 20.1 Å². The third-order valence-electron chi connectivity index (χ3n) is 2.95. The molecule has 4 nitrogen and oxygen atoms in total. The highest BCUT2D eigenvalue weighted by Gasteiger charge is 2.12. The smallest absolute Gasteiger partial charge is 0.219 e. The highest BCUT2D eigenvalue weighted by Crippen LogP contribution is 2.14. The minimum Gasteiger partial charge on any atom is -0.378 e. The van der Waals surface area contributed by atoms with E-state index in [4.69, 9.17) is 4.74 Å². The van der Waals surface area contributed by atoms with Crippen molar-refractivity contribution in [3.8, 4) is 0 Å². The van der Waals surface area contributed by atoms with E-state index >= 15 is 0 Å². The average molecular weight is 228 g/mol. The number of hydrogen-bond donors (Lipinski definition) is 2. The van der Waals surface area contributed by atoms with Crippen LogP contribution < -0.4 is 10.6 Å². The maximum absolute atomic E-state index is 10.9. The number of amides is 1. The Hall–Kier alpha value is -0.610. The van der Waals surface area contributed by atoms with Gasteiger partial charge in [0.25, 0.3) is 0 Å². The fourth-order valence-corrected chi connectivity index (χ4v) is 1.92. The summed E-state index contributed by atoms with van der Waals surface area (Å²) in [7, 11) is 1.68. The summed E-state index contributed by atoms with van der Waals surface area (Å²) in [5.41, 5.74) is 0. The second-order valence-electron chi connectivity index (χ2n) is 4.30. The molecule has 0 aromatic heterocycles. The van der Waals surface area contributed by atoms with E-state index in [0.717, 1.165) is 32.5 Å². The van der Waals surface area contributed by atoms with Crippen molar-refractivity contribution in [3.63, 3.8) is 0 Å². The first-order chi connectivity index (χ1) is 7.83. The number of rotatable bonds is 7. The number of ether oxygens (including phenoxy) is 1. The lowest BCUT2D eigenvalue weighted by Gasteiger charge is -2.22. The molecule has 94 valence electrons. The van der Waals surface area contributed by atoms with E-state index in [2.05, 4.69) is 10.6 Å². The molecule has 0 aromatic rings. The Labute approximate surface area is 98.1 Å². The van der Waals surface area contributed by atoms with Gasteiger partial charge in [-0.25, -0.2) is 0 Å². The summed E-state index contributed by atoms with van der Waals surface area (Å²) in [5.74, 6) is 0.123. The highest BCUT2D eigenvalue weighted by atomic mass is 16.5. The Bertz CT molecular complexity index is 191. The molecule has 0 aliphatic carbocycles. The summed E-state index contributed by atoms with van der Waals surface area (Å²) >= 11 is 0. The van der Waals surface area contributed by atoms with Gasteiger partial charge in [0.15, 0.2) is 0 Å². The van der Waals surface area contributed by atoms with Crippen LogP contribution in [0.3, 0.4) is 0 Å². The van der Waals surface area contributed by atoms with Crippen molar-refractivity contribution in [2.45, 2.75) is 44.6 Å². The molecule has 0 radical (unpaired) electrons. The van der Waals surface area contributed by atoms with Crippen LogP contribution in [0, 0.1) is 0 Å². The molecule has 1 saturated heterocycles. The van der Waals surface area contributed by atoms with Crippen molar-refractivity contribution < 1.29 is 9.53 Å². The monoisotopic (exact) mass is 228 g/mol. The SMILES string of the molecule is CNC(=O)CCCNCCC1CCCCO1. The van der Waals surface area contributed by atoms with Crippen LogP contribution >= 0.6 is 0 Å². The van der Waals surface area contributed by atoms with E-state index in [9.17, 15) is 4.79 Å². The zero-order chi connectivity index (χ0) is 11.6. The summed E-state index contributed by atoms with van der Waals surface area (Å²) in [4.78, 5) is 10.9. The quantitative estimate of drug-likeness (QED) is 0.641. The predicted molar refractivity (Wildman–Crippen MR) is 64.4 cm³/mol. The molecule has 1 unspecified atom stereocenters. The molecule has 1 atom stereocenters. The van der Waals surface area contributed by atoms with Crippen LogP contribution in [0.4, 0.5) is 0 Å². The van der Waals surface area contributed by atoms with Gasteiger partial charge in [-0.1, -0.05) is 0 Å². The molecule has 1 heterocycles. The van der Waals surface area contributed by atoms with Gasteiger partial charge in [0.05, 0.1) is 6.10 Å². The van der Waals surface area contributed by atoms with Gasteiger partial charge in [-0.15, -0.1) is 0 Å². The molecule has 1 rings (SSSR count). The second-order valence-corrected chi connectivity index (χ2v) is 4.30. The lowest BCUT2D eigenvalue weighted by atomic mass is 10.1. The third kappa shape index (κ3) is 6.08. The van der Waals surface area contributed by atoms with Crippen molar-refractivity contribution >= 4 is 5.91 Å². The number of carbonyl (C=O) groups is 1. The number of hydrogen-bond acceptors (Lipinski definition) is 3. The summed E-state index contributed by atoms with van der Waals surface area (Å²) in [6.07, 6.45) is 6.81. The molecule has 4 heteroatoms. The van der Waals surface area contributed by atoms with Crippen LogP contribution in [0.1, 0.15) is 38.5 Å². The van der Waals surface area contributed by atoms with E-state index in [1.54, 1.807) is 7.05 Å². The Morgan fingerprint density at radius 2 is 2.25 bits per heavy atom. The lowest BCUT2D eigenvalue weighted by Crippen LogP contribution is -2.26. The van der Waals surface area contributed by atoms with Gasteiger partial charge >= 0.3 is 0 Å². The minimum atomic E-state index is 0.123. The molecule has 0 aromatic carbocycles. The molecular weight excluding hydrogens is 204 g/mol. The van der Waals surface area contributed by atoms with Crippen LogP contribution in [-0.2, 0) is 9.53 Å². The van der Waals surface area contributed by atoms with E-state index in [1.807, 2.05) is 0 Å². The van der Waals surface area contributed by atoms with Crippen molar-refractivity contribution in [2.75, 3.05) is 26.7 Å². The summed E-state index contributed by atoms with van der Waals surface area (Å²) in [6, 6.07) is 0. The highest BCUT2D eigenvalue weighted by molar-refractivity contribution is 5.75. The molecule has 1 aliphatic rings. The Morgan fingerprint density at radius 3 is 2.94 bits per heavy atom. The molecule has 0 bridgehead atoms. The van der Waals surface area contributed by atoms with Gasteiger partial charge in [0.1, 0.15) is 0 Å². The maximum atomic E-state index is 10.9. The predicted octanol–water partition coefficient (Wildman–Crippen LogP) is 1.06. The standard InChI is InChI=1S/C12H24N2O2/c1-13-12(15)6-4-8-14-9-7-11-5-2-3-10-16-11/h11,14H,2-10H2,1H3,(H,13,15). The van der Waals surface area contributed by atoms with Crippen LogP contribution in [0.15, 0.2) is 0 Å². The van der Waals surface area contributed by atoms with Crippen molar-refractivity contribution in [1.29, 1.82) is 0 Å². The Balaban J connectivity index is 1.85. The van der Waals surface area contributed by atoms with E-state index in [0.29, 0.717) is 12.5 Å². The lowest BCUT2D eigenvalue weighted by molar-refractivity contribution is -0.120. The van der Waals surface area contributed by atoms with Crippen LogP contribution in [-0.4, -0.2) is 38.8 Å². The number of carbonyl (C=O) groups excluding carboxylic acids is 1. The molecule has 16 heavy (non-hydrogen) atoms. The maximum Gasteiger partial charge on any atom is 0.219 e.